The van der Waals surface area contributed by atoms with E-state index in [9.17, 15) is 8.42 Å². The highest BCUT2D eigenvalue weighted by Crippen LogP contribution is 2.25. The van der Waals surface area contributed by atoms with Crippen molar-refractivity contribution >= 4 is 38.7 Å². The van der Waals surface area contributed by atoms with E-state index in [1.807, 2.05) is 26.0 Å². The first-order chi connectivity index (χ1) is 12.5. The van der Waals surface area contributed by atoms with E-state index < -0.39 is 10.0 Å². The molecule has 0 bridgehead atoms. The molecule has 0 saturated heterocycles. The van der Waals surface area contributed by atoms with E-state index in [4.69, 9.17) is 5.73 Å². The molecule has 0 saturated carbocycles. The third-order valence-electron chi connectivity index (χ3n) is 3.83. The van der Waals surface area contributed by atoms with Gasteiger partial charge in [0.1, 0.15) is 4.21 Å². The van der Waals surface area contributed by atoms with Crippen LogP contribution < -0.4 is 11.1 Å². The summed E-state index contributed by atoms with van der Waals surface area (Å²) in [5.41, 5.74) is 5.87. The van der Waals surface area contributed by atoms with Gasteiger partial charge >= 0.3 is 0 Å². The van der Waals surface area contributed by atoms with Crippen LogP contribution in [-0.4, -0.2) is 44.9 Å². The first-order valence-electron chi connectivity index (χ1n) is 8.62. The number of nitrogens with one attached hydrogen (secondary N) is 1. The molecule has 2 aromatic heterocycles. The van der Waals surface area contributed by atoms with Gasteiger partial charge < -0.3 is 11.1 Å². The minimum absolute atomic E-state index is 0.397. The van der Waals surface area contributed by atoms with Crippen LogP contribution in [0.2, 0.25) is 0 Å². The van der Waals surface area contributed by atoms with E-state index >= 15 is 0 Å². The normalized spacial score (nSPS) is 12.7. The number of hydrogen-bond acceptors (Lipinski definition) is 5. The lowest BCUT2D eigenvalue weighted by Gasteiger charge is -2.16. The first-order valence-corrected chi connectivity index (χ1v) is 11.8. The number of aliphatic imine (C=N–C) groups is 1. The Bertz CT molecular complexity index is 794. The van der Waals surface area contributed by atoms with Crippen LogP contribution in [0.1, 0.15) is 23.6 Å². The van der Waals surface area contributed by atoms with E-state index in [-0.39, 0.29) is 0 Å². The molecule has 9 heteroatoms. The summed E-state index contributed by atoms with van der Waals surface area (Å²) < 4.78 is 26.8. The van der Waals surface area contributed by atoms with Crippen LogP contribution in [0.4, 0.5) is 0 Å². The largest absolute Gasteiger partial charge is 0.370 e. The van der Waals surface area contributed by atoms with Crippen LogP contribution in [0.15, 0.2) is 38.8 Å². The minimum Gasteiger partial charge on any atom is -0.370 e. The molecule has 2 aromatic rings. The molecule has 0 atom stereocenters. The van der Waals surface area contributed by atoms with Crippen molar-refractivity contribution in [2.24, 2.45) is 10.7 Å². The fourth-order valence-corrected chi connectivity index (χ4v) is 6.10. The second kappa shape index (κ2) is 10.1. The molecule has 0 aliphatic heterocycles. The number of sulfonamides is 1. The molecule has 3 N–H and O–H groups in total. The van der Waals surface area contributed by atoms with Gasteiger partial charge in [-0.1, -0.05) is 19.9 Å². The van der Waals surface area contributed by atoms with E-state index in [0.29, 0.717) is 42.8 Å². The number of guanidine groups is 1. The Kier molecular flexibility index (Phi) is 8.08. The summed E-state index contributed by atoms with van der Waals surface area (Å²) in [4.78, 5) is 6.61. The topological polar surface area (TPSA) is 87.8 Å². The van der Waals surface area contributed by atoms with Gasteiger partial charge in [0.15, 0.2) is 5.96 Å². The van der Waals surface area contributed by atoms with Gasteiger partial charge in [0.2, 0.25) is 0 Å². The van der Waals surface area contributed by atoms with Crippen LogP contribution in [0.5, 0.6) is 0 Å². The molecule has 144 valence electrons. The SMILES string of the molecule is CCN(CC)S(=O)(=O)c1ccc(CCNC(N)=NCCc2cccs2)s1. The van der Waals surface area contributed by atoms with Gasteiger partial charge in [-0.15, -0.1) is 22.7 Å². The maximum atomic E-state index is 12.5. The summed E-state index contributed by atoms with van der Waals surface area (Å²) in [7, 11) is -3.37. The van der Waals surface area contributed by atoms with Gasteiger partial charge in [-0.05, 0) is 30.0 Å². The maximum absolute atomic E-state index is 12.5. The molecule has 0 spiro atoms. The Morgan fingerprint density at radius 1 is 1.19 bits per heavy atom. The molecule has 0 amide bonds. The van der Waals surface area contributed by atoms with E-state index in [0.717, 1.165) is 11.3 Å². The summed E-state index contributed by atoms with van der Waals surface area (Å²) in [6.07, 6.45) is 1.59. The molecule has 0 aliphatic rings. The van der Waals surface area contributed by atoms with Gasteiger partial charge in [0.05, 0.1) is 0 Å². The fraction of sp³-hybridized carbons (Fsp3) is 0.471. The second-order valence-electron chi connectivity index (χ2n) is 5.58. The zero-order valence-electron chi connectivity index (χ0n) is 15.1. The molecule has 26 heavy (non-hydrogen) atoms. The van der Waals surface area contributed by atoms with Crippen molar-refractivity contribution in [1.82, 2.24) is 9.62 Å². The summed E-state index contributed by atoms with van der Waals surface area (Å²) in [6, 6.07) is 7.67. The summed E-state index contributed by atoms with van der Waals surface area (Å²) in [5, 5.41) is 5.13. The standard InChI is InChI=1S/C17H26N4O2S3/c1-3-21(4-2)26(22,23)16-8-7-15(25-16)10-12-20-17(18)19-11-9-14-6-5-13-24-14/h5-8,13H,3-4,9-12H2,1-2H3,(H3,18,19,20). The summed E-state index contributed by atoms with van der Waals surface area (Å²) in [5.74, 6) is 0.425. The second-order valence-corrected chi connectivity index (χ2v) is 9.95. The molecule has 6 nitrogen and oxygen atoms in total. The highest BCUT2D eigenvalue weighted by Gasteiger charge is 2.23. The molecule has 0 aliphatic carbocycles. The van der Waals surface area contributed by atoms with Crippen molar-refractivity contribution in [1.29, 1.82) is 0 Å². The van der Waals surface area contributed by atoms with Gasteiger partial charge in [-0.2, -0.15) is 4.31 Å². The number of nitrogens with zero attached hydrogens (tertiary/aromatic N) is 2. The highest BCUT2D eigenvalue weighted by molar-refractivity contribution is 7.91. The predicted molar refractivity (Wildman–Crippen MR) is 111 cm³/mol. The fourth-order valence-electron chi connectivity index (χ4n) is 2.43. The lowest BCUT2D eigenvalue weighted by atomic mass is 10.3. The van der Waals surface area contributed by atoms with Gasteiger partial charge in [-0.3, -0.25) is 4.99 Å². The average molecular weight is 415 g/mol. The molecular formula is C17H26N4O2S3. The van der Waals surface area contributed by atoms with Gasteiger partial charge in [-0.25, -0.2) is 8.42 Å². The van der Waals surface area contributed by atoms with E-state index in [2.05, 4.69) is 21.8 Å². The molecule has 0 aromatic carbocycles. The smallest absolute Gasteiger partial charge is 0.252 e. The molecule has 2 rings (SSSR count). The van der Waals surface area contributed by atoms with E-state index in [1.54, 1.807) is 17.4 Å². The Morgan fingerprint density at radius 2 is 1.96 bits per heavy atom. The lowest BCUT2D eigenvalue weighted by Crippen LogP contribution is -2.33. The zero-order chi connectivity index (χ0) is 19.0. The first kappa shape index (κ1) is 20.9. The molecule has 2 heterocycles. The maximum Gasteiger partial charge on any atom is 0.252 e. The third-order valence-corrected chi connectivity index (χ3v) is 8.43. The summed E-state index contributed by atoms with van der Waals surface area (Å²) in [6.45, 7) is 5.93. The van der Waals surface area contributed by atoms with Crippen LogP contribution >= 0.6 is 22.7 Å². The van der Waals surface area contributed by atoms with Crippen molar-refractivity contribution in [2.45, 2.75) is 30.9 Å². The van der Waals surface area contributed by atoms with Crippen molar-refractivity contribution in [2.75, 3.05) is 26.2 Å². The Morgan fingerprint density at radius 3 is 2.62 bits per heavy atom. The third kappa shape index (κ3) is 5.80. The minimum atomic E-state index is -3.37. The van der Waals surface area contributed by atoms with Crippen molar-refractivity contribution < 1.29 is 8.42 Å². The monoisotopic (exact) mass is 414 g/mol. The van der Waals surface area contributed by atoms with Crippen LogP contribution in [0.3, 0.4) is 0 Å². The average Bonchev–Trinajstić information content (AvgIpc) is 3.28. The quantitative estimate of drug-likeness (QED) is 0.462. The zero-order valence-corrected chi connectivity index (χ0v) is 17.6. The Labute approximate surface area is 163 Å². The van der Waals surface area contributed by atoms with Crippen molar-refractivity contribution in [3.63, 3.8) is 0 Å². The molecule has 0 unspecified atom stereocenters. The van der Waals surface area contributed by atoms with Crippen LogP contribution in [-0.2, 0) is 22.9 Å². The van der Waals surface area contributed by atoms with Crippen LogP contribution in [0, 0.1) is 0 Å². The van der Waals surface area contributed by atoms with Gasteiger partial charge in [0.25, 0.3) is 10.0 Å². The van der Waals surface area contributed by atoms with Crippen molar-refractivity contribution in [3.05, 3.63) is 39.4 Å². The van der Waals surface area contributed by atoms with Gasteiger partial charge in [0, 0.05) is 42.4 Å². The Balaban J connectivity index is 1.80. The lowest BCUT2D eigenvalue weighted by molar-refractivity contribution is 0.447. The Hall–Kier alpha value is -1.42. The molecule has 0 radical (unpaired) electrons. The van der Waals surface area contributed by atoms with E-state index in [1.165, 1.54) is 20.5 Å². The summed E-state index contributed by atoms with van der Waals surface area (Å²) >= 11 is 3.04. The van der Waals surface area contributed by atoms with Crippen molar-refractivity contribution in [3.8, 4) is 0 Å². The molecular weight excluding hydrogens is 388 g/mol. The highest BCUT2D eigenvalue weighted by atomic mass is 32.2. The molecule has 0 fully saturated rings. The van der Waals surface area contributed by atoms with Crippen LogP contribution in [0.25, 0.3) is 0 Å². The predicted octanol–water partition coefficient (Wildman–Crippen LogP) is 2.53. The number of rotatable bonds is 10. The number of nitrogens with two attached hydrogens (primary N) is 1. The number of hydrogen-bond donors (Lipinski definition) is 2. The number of thiophene rings is 2.